The minimum atomic E-state index is -4.81. The molecule has 0 aromatic heterocycles. The molecule has 1 nitrogen and oxygen atoms in total. The number of alkyl halides is 3. The highest BCUT2D eigenvalue weighted by Crippen LogP contribution is 2.32. The Morgan fingerprint density at radius 3 is 2.00 bits per heavy atom. The summed E-state index contributed by atoms with van der Waals surface area (Å²) in [6.07, 6.45) is -3.08. The van der Waals surface area contributed by atoms with Crippen molar-refractivity contribution in [2.75, 3.05) is 0 Å². The van der Waals surface area contributed by atoms with E-state index in [1.54, 1.807) is 6.07 Å². The highest BCUT2D eigenvalue weighted by molar-refractivity contribution is 6.00. The quantitative estimate of drug-likeness (QED) is 0.657. The summed E-state index contributed by atoms with van der Waals surface area (Å²) in [6, 6.07) is 4.39. The zero-order valence-corrected chi connectivity index (χ0v) is 12.3. The van der Waals surface area contributed by atoms with Gasteiger partial charge < -0.3 is 0 Å². The Hall–Kier alpha value is -1.32. The van der Waals surface area contributed by atoms with Gasteiger partial charge in [-0.15, -0.1) is 0 Å². The van der Waals surface area contributed by atoms with Gasteiger partial charge in [-0.25, -0.2) is 0 Å². The average molecular weight is 286 g/mol. The standard InChI is InChI=1S/C16H21F3O/c1-5-10(3)13-8-7-12(15(20)16(17,18)19)9-14(13)11(4)6-2/h7-11H,5-6H2,1-4H3. The third kappa shape index (κ3) is 3.62. The van der Waals surface area contributed by atoms with Crippen LogP contribution in [-0.4, -0.2) is 12.0 Å². The van der Waals surface area contributed by atoms with Gasteiger partial charge in [0.05, 0.1) is 0 Å². The summed E-state index contributed by atoms with van der Waals surface area (Å²) in [5.74, 6) is -1.35. The number of carbonyl (C=O) groups excluding carboxylic acids is 1. The Morgan fingerprint density at radius 1 is 1.05 bits per heavy atom. The molecular weight excluding hydrogens is 265 g/mol. The summed E-state index contributed by atoms with van der Waals surface area (Å²) >= 11 is 0. The van der Waals surface area contributed by atoms with Crippen molar-refractivity contribution >= 4 is 5.78 Å². The molecule has 1 aromatic rings. The van der Waals surface area contributed by atoms with E-state index >= 15 is 0 Å². The first kappa shape index (κ1) is 16.7. The monoisotopic (exact) mass is 286 g/mol. The smallest absolute Gasteiger partial charge is 0.284 e. The second kappa shape index (κ2) is 6.42. The van der Waals surface area contributed by atoms with Gasteiger partial charge in [-0.3, -0.25) is 4.79 Å². The molecule has 0 saturated carbocycles. The number of Topliss-reactive ketones (excluding diaryl/α,β-unsaturated/α-hetero) is 1. The SMILES string of the molecule is CCC(C)c1ccc(C(=O)C(F)(F)F)cc1C(C)CC. The van der Waals surface area contributed by atoms with E-state index in [2.05, 4.69) is 0 Å². The number of halogens is 3. The summed E-state index contributed by atoms with van der Waals surface area (Å²) in [7, 11) is 0. The van der Waals surface area contributed by atoms with Crippen molar-refractivity contribution in [2.24, 2.45) is 0 Å². The zero-order chi connectivity index (χ0) is 15.5. The van der Waals surface area contributed by atoms with Crippen molar-refractivity contribution in [3.05, 3.63) is 34.9 Å². The lowest BCUT2D eigenvalue weighted by Gasteiger charge is -2.20. The Kier molecular flexibility index (Phi) is 5.37. The third-order valence-electron chi connectivity index (χ3n) is 3.89. The molecule has 1 aromatic carbocycles. The first-order chi connectivity index (χ1) is 9.22. The lowest BCUT2D eigenvalue weighted by atomic mass is 9.85. The molecule has 112 valence electrons. The Bertz CT molecular complexity index is 477. The number of hydrogen-bond donors (Lipinski definition) is 0. The van der Waals surface area contributed by atoms with Crippen molar-refractivity contribution < 1.29 is 18.0 Å². The lowest BCUT2D eigenvalue weighted by molar-refractivity contribution is -0.0885. The summed E-state index contributed by atoms with van der Waals surface area (Å²) in [5.41, 5.74) is 1.64. The van der Waals surface area contributed by atoms with E-state index in [1.807, 2.05) is 27.7 Å². The predicted octanol–water partition coefficient (Wildman–Crippen LogP) is 5.46. The fourth-order valence-electron chi connectivity index (χ4n) is 2.20. The van der Waals surface area contributed by atoms with Crippen LogP contribution >= 0.6 is 0 Å². The van der Waals surface area contributed by atoms with Crippen LogP contribution in [0.5, 0.6) is 0 Å². The average Bonchev–Trinajstić information content (AvgIpc) is 2.43. The maximum Gasteiger partial charge on any atom is 0.454 e. The molecule has 0 radical (unpaired) electrons. The van der Waals surface area contributed by atoms with Crippen LogP contribution in [0.1, 0.15) is 73.9 Å². The highest BCUT2D eigenvalue weighted by Gasteiger charge is 2.39. The number of benzene rings is 1. The maximum atomic E-state index is 12.5. The fourth-order valence-corrected chi connectivity index (χ4v) is 2.20. The lowest BCUT2D eigenvalue weighted by Crippen LogP contribution is -2.23. The molecule has 2 unspecified atom stereocenters. The molecule has 0 amide bonds. The van der Waals surface area contributed by atoms with E-state index < -0.39 is 12.0 Å². The minimum absolute atomic E-state index is 0.139. The van der Waals surface area contributed by atoms with Gasteiger partial charge in [0, 0.05) is 5.56 Å². The van der Waals surface area contributed by atoms with Gasteiger partial charge in [-0.2, -0.15) is 13.2 Å². The maximum absolute atomic E-state index is 12.5. The molecule has 0 fully saturated rings. The molecule has 0 saturated heterocycles. The van der Waals surface area contributed by atoms with Crippen molar-refractivity contribution in [3.8, 4) is 0 Å². The molecule has 2 atom stereocenters. The van der Waals surface area contributed by atoms with Crippen LogP contribution in [0.2, 0.25) is 0 Å². The summed E-state index contributed by atoms with van der Waals surface area (Å²) in [6.45, 7) is 8.05. The van der Waals surface area contributed by atoms with Gasteiger partial charge in [0.2, 0.25) is 0 Å². The van der Waals surface area contributed by atoms with Gasteiger partial charge in [0.15, 0.2) is 0 Å². The fraction of sp³-hybridized carbons (Fsp3) is 0.562. The molecular formula is C16H21F3O. The van der Waals surface area contributed by atoms with Gasteiger partial charge in [0.25, 0.3) is 5.78 Å². The van der Waals surface area contributed by atoms with Gasteiger partial charge in [-0.1, -0.05) is 39.8 Å². The van der Waals surface area contributed by atoms with Crippen LogP contribution in [0.3, 0.4) is 0 Å². The Labute approximate surface area is 118 Å². The summed E-state index contributed by atoms with van der Waals surface area (Å²) in [5, 5.41) is 0. The molecule has 0 N–H and O–H groups in total. The molecule has 0 aliphatic heterocycles. The van der Waals surface area contributed by atoms with E-state index in [-0.39, 0.29) is 17.4 Å². The van der Waals surface area contributed by atoms with Gasteiger partial charge >= 0.3 is 6.18 Å². The van der Waals surface area contributed by atoms with E-state index in [0.29, 0.717) is 0 Å². The first-order valence-electron chi connectivity index (χ1n) is 6.97. The Balaban J connectivity index is 3.31. The van der Waals surface area contributed by atoms with Crippen LogP contribution in [0, 0.1) is 0 Å². The predicted molar refractivity (Wildman–Crippen MR) is 74.2 cm³/mol. The molecule has 1 rings (SSSR count). The number of hydrogen-bond acceptors (Lipinski definition) is 1. The molecule has 0 aliphatic rings. The second-order valence-electron chi connectivity index (χ2n) is 5.29. The highest BCUT2D eigenvalue weighted by atomic mass is 19.4. The number of carbonyl (C=O) groups is 1. The normalized spacial score (nSPS) is 14.9. The summed E-state index contributed by atoms with van der Waals surface area (Å²) < 4.78 is 37.6. The Morgan fingerprint density at radius 2 is 1.55 bits per heavy atom. The van der Waals surface area contributed by atoms with E-state index in [4.69, 9.17) is 0 Å². The first-order valence-corrected chi connectivity index (χ1v) is 6.97. The summed E-state index contributed by atoms with van der Waals surface area (Å²) in [4.78, 5) is 11.4. The van der Waals surface area contributed by atoms with Crippen LogP contribution in [0.15, 0.2) is 18.2 Å². The van der Waals surface area contributed by atoms with Crippen molar-refractivity contribution in [3.63, 3.8) is 0 Å². The van der Waals surface area contributed by atoms with Gasteiger partial charge in [-0.05, 0) is 41.9 Å². The molecule has 20 heavy (non-hydrogen) atoms. The zero-order valence-electron chi connectivity index (χ0n) is 12.3. The topological polar surface area (TPSA) is 17.1 Å². The van der Waals surface area contributed by atoms with E-state index in [1.165, 1.54) is 12.1 Å². The van der Waals surface area contributed by atoms with Crippen molar-refractivity contribution in [1.29, 1.82) is 0 Å². The van der Waals surface area contributed by atoms with Crippen LogP contribution in [0.4, 0.5) is 13.2 Å². The number of ketones is 1. The van der Waals surface area contributed by atoms with E-state index in [0.717, 1.165) is 24.0 Å². The largest absolute Gasteiger partial charge is 0.454 e. The van der Waals surface area contributed by atoms with E-state index in [9.17, 15) is 18.0 Å². The molecule has 0 aliphatic carbocycles. The number of rotatable bonds is 5. The van der Waals surface area contributed by atoms with Crippen molar-refractivity contribution in [1.82, 2.24) is 0 Å². The van der Waals surface area contributed by atoms with Crippen LogP contribution in [-0.2, 0) is 0 Å². The van der Waals surface area contributed by atoms with Gasteiger partial charge in [0.1, 0.15) is 0 Å². The molecule has 4 heteroatoms. The van der Waals surface area contributed by atoms with Crippen LogP contribution in [0.25, 0.3) is 0 Å². The third-order valence-corrected chi connectivity index (χ3v) is 3.89. The second-order valence-corrected chi connectivity index (χ2v) is 5.29. The molecule has 0 spiro atoms. The molecule has 0 heterocycles. The van der Waals surface area contributed by atoms with Crippen molar-refractivity contribution in [2.45, 2.75) is 58.5 Å². The molecule has 0 bridgehead atoms. The minimum Gasteiger partial charge on any atom is -0.284 e. The van der Waals surface area contributed by atoms with Crippen LogP contribution < -0.4 is 0 Å².